The Bertz CT molecular complexity index is 1550. The first-order valence-corrected chi connectivity index (χ1v) is 13.7. The third kappa shape index (κ3) is 4.63. The van der Waals surface area contributed by atoms with E-state index in [1.54, 1.807) is 6.20 Å². The number of pyridine rings is 1. The number of hydrogen-bond donors (Lipinski definition) is 0. The van der Waals surface area contributed by atoms with Gasteiger partial charge in [-0.1, -0.05) is 66.9 Å². The first-order chi connectivity index (χ1) is 17.7. The summed E-state index contributed by atoms with van der Waals surface area (Å²) in [6.45, 7) is 9.48. The largest absolute Gasteiger partial charge is 0.494 e. The molecule has 1 radical (unpaired) electrons. The van der Waals surface area contributed by atoms with E-state index in [-0.39, 0.29) is 30.9 Å². The van der Waals surface area contributed by atoms with Crippen molar-refractivity contribution in [2.45, 2.75) is 61.2 Å². The topological polar surface area (TPSA) is 18.9 Å². The Labute approximate surface area is 243 Å². The maximum absolute atomic E-state index is 4.22. The first-order valence-electron chi connectivity index (χ1n) is 12.8. The van der Waals surface area contributed by atoms with Crippen LogP contribution in [-0.2, 0) is 30.9 Å². The molecule has 0 fully saturated rings. The Morgan fingerprint density at radius 3 is 2.45 bits per heavy atom. The molecule has 193 valence electrons. The quantitative estimate of drug-likeness (QED) is 0.131. The van der Waals surface area contributed by atoms with E-state index in [2.05, 4.69) is 91.3 Å². The number of aromatic nitrogens is 1. The molecule has 3 aliphatic rings. The minimum absolute atomic E-state index is 0. The SMILES string of the molecule is C[N+]1=C=[N+]2c3[c-]c4c(cc3Sc3cccc1c32)C(C)(C)CCC4(C)C.[Ir].[c-]1ccccc1-c1ccccn1. The summed E-state index contributed by atoms with van der Waals surface area (Å²) in [5.41, 5.74) is 8.91. The summed E-state index contributed by atoms with van der Waals surface area (Å²) in [5, 5.41) is 0. The molecule has 0 saturated carbocycles. The number of para-hydroxylation sites is 1. The molecule has 0 amide bonds. The Hall–Kier alpha value is -2.81. The smallest absolute Gasteiger partial charge is 0.305 e. The molecular formula is C33H31IrN3S. The van der Waals surface area contributed by atoms with Gasteiger partial charge in [0.1, 0.15) is 5.69 Å². The first kappa shape index (κ1) is 26.8. The minimum Gasteiger partial charge on any atom is -0.305 e. The molecule has 38 heavy (non-hydrogen) atoms. The summed E-state index contributed by atoms with van der Waals surface area (Å²) in [7, 11) is 2.07. The fraction of sp³-hybridized carbons (Fsp3) is 0.273. The molecule has 1 aromatic heterocycles. The average Bonchev–Trinajstić information content (AvgIpc) is 3.25. The van der Waals surface area contributed by atoms with Crippen LogP contribution in [0.5, 0.6) is 0 Å². The van der Waals surface area contributed by atoms with Crippen LogP contribution in [0.4, 0.5) is 17.1 Å². The average molecular weight is 694 g/mol. The molecule has 0 N–H and O–H groups in total. The summed E-state index contributed by atoms with van der Waals surface area (Å²) < 4.78 is 4.31. The summed E-state index contributed by atoms with van der Waals surface area (Å²) in [6.07, 6.45) is 4.23. The Morgan fingerprint density at radius 2 is 1.71 bits per heavy atom. The third-order valence-electron chi connectivity index (χ3n) is 7.71. The molecule has 2 aliphatic heterocycles. The van der Waals surface area contributed by atoms with Gasteiger partial charge in [0.25, 0.3) is 5.69 Å². The Morgan fingerprint density at radius 1 is 0.921 bits per heavy atom. The monoisotopic (exact) mass is 694 g/mol. The molecule has 3 nitrogen and oxygen atoms in total. The van der Waals surface area contributed by atoms with Gasteiger partial charge in [-0.2, -0.15) is 0 Å². The van der Waals surface area contributed by atoms with Crippen molar-refractivity contribution in [1.82, 2.24) is 9.56 Å². The van der Waals surface area contributed by atoms with E-state index in [4.69, 9.17) is 0 Å². The Kier molecular flexibility index (Phi) is 7.09. The zero-order valence-corrected chi connectivity index (χ0v) is 25.6. The Balaban J connectivity index is 0.000000191. The summed E-state index contributed by atoms with van der Waals surface area (Å²) in [5.74, 6) is 0. The van der Waals surface area contributed by atoms with Crippen LogP contribution in [0, 0.1) is 12.1 Å². The second-order valence-electron chi connectivity index (χ2n) is 11.3. The van der Waals surface area contributed by atoms with Gasteiger partial charge < -0.3 is 4.98 Å². The third-order valence-corrected chi connectivity index (χ3v) is 8.79. The number of rotatable bonds is 1. The van der Waals surface area contributed by atoms with E-state index in [1.807, 2.05) is 54.2 Å². The van der Waals surface area contributed by atoms with Crippen LogP contribution >= 0.6 is 11.8 Å². The van der Waals surface area contributed by atoms with Gasteiger partial charge in [-0.15, -0.1) is 70.9 Å². The number of benzene rings is 3. The van der Waals surface area contributed by atoms with Crippen LogP contribution in [0.2, 0.25) is 0 Å². The molecule has 0 saturated heterocycles. The molecule has 3 aromatic carbocycles. The van der Waals surface area contributed by atoms with Gasteiger partial charge in [-0.3, -0.25) is 0 Å². The van der Waals surface area contributed by atoms with Gasteiger partial charge >= 0.3 is 11.7 Å². The second kappa shape index (κ2) is 10.1. The van der Waals surface area contributed by atoms with E-state index in [0.717, 1.165) is 11.3 Å². The van der Waals surface area contributed by atoms with Crippen molar-refractivity contribution in [3.63, 3.8) is 0 Å². The molecule has 5 heteroatoms. The standard InChI is InChI=1S/C22H23N2S.C11H8N.Ir/c1-21(2)9-10-22(3,4)15-12-19-17(11-14(15)21)24-13-23(5)16-7-6-8-18(25-19)20(16)24;1-2-6-10(7-3-1)11-8-4-5-9-12-11;/h6-8,12H,9-10H2,1-5H3;1-6,8-9H;/q+1;-1;. The van der Waals surface area contributed by atoms with Crippen molar-refractivity contribution in [3.8, 4) is 11.3 Å². The van der Waals surface area contributed by atoms with E-state index in [9.17, 15) is 0 Å². The summed E-state index contributed by atoms with van der Waals surface area (Å²) >= 11 is 1.88. The summed E-state index contributed by atoms with van der Waals surface area (Å²) in [4.78, 5) is 6.83. The number of fused-ring (bicyclic) bond motifs is 3. The molecule has 7 rings (SSSR count). The number of hydrogen-bond acceptors (Lipinski definition) is 2. The van der Waals surface area contributed by atoms with Crippen molar-refractivity contribution in [2.24, 2.45) is 0 Å². The van der Waals surface area contributed by atoms with Crippen molar-refractivity contribution in [2.75, 3.05) is 7.05 Å². The zero-order valence-electron chi connectivity index (χ0n) is 22.4. The van der Waals surface area contributed by atoms with Crippen LogP contribution in [0.3, 0.4) is 0 Å². The van der Waals surface area contributed by atoms with Gasteiger partial charge in [-0.25, -0.2) is 0 Å². The predicted molar refractivity (Wildman–Crippen MR) is 152 cm³/mol. The fourth-order valence-corrected chi connectivity index (χ4v) is 6.50. The molecule has 3 heterocycles. The van der Waals surface area contributed by atoms with Crippen LogP contribution in [0.25, 0.3) is 11.3 Å². The molecule has 0 atom stereocenters. The minimum atomic E-state index is 0. The van der Waals surface area contributed by atoms with Crippen molar-refractivity contribution >= 4 is 34.8 Å². The van der Waals surface area contributed by atoms with E-state index >= 15 is 0 Å². The van der Waals surface area contributed by atoms with Crippen LogP contribution in [0.1, 0.15) is 51.7 Å². The van der Waals surface area contributed by atoms with Gasteiger partial charge in [0.15, 0.2) is 7.05 Å². The second-order valence-corrected chi connectivity index (χ2v) is 12.3. The van der Waals surface area contributed by atoms with Gasteiger partial charge in [0.05, 0.1) is 4.90 Å². The van der Waals surface area contributed by atoms with E-state index < -0.39 is 0 Å². The zero-order chi connectivity index (χ0) is 25.8. The molecule has 4 aromatic rings. The molecule has 1 aliphatic carbocycles. The van der Waals surface area contributed by atoms with Crippen LogP contribution in [0.15, 0.2) is 82.7 Å². The predicted octanol–water partition coefficient (Wildman–Crippen LogP) is 8.14. The number of nitrogens with zero attached hydrogens (tertiary/aromatic N) is 3. The van der Waals surface area contributed by atoms with Crippen molar-refractivity contribution < 1.29 is 24.7 Å². The summed E-state index contributed by atoms with van der Waals surface area (Å²) in [6, 6.07) is 33.1. The van der Waals surface area contributed by atoms with E-state index in [1.165, 1.54) is 50.8 Å². The molecular weight excluding hydrogens is 663 g/mol. The molecule has 0 spiro atoms. The maximum atomic E-state index is 4.22. The van der Waals surface area contributed by atoms with Crippen molar-refractivity contribution in [3.05, 3.63) is 96.2 Å². The normalized spacial score (nSPS) is 16.9. The molecule has 0 unspecified atom stereocenters. The van der Waals surface area contributed by atoms with Crippen molar-refractivity contribution in [1.29, 1.82) is 0 Å². The van der Waals surface area contributed by atoms with Gasteiger partial charge in [0.2, 0.25) is 0 Å². The van der Waals surface area contributed by atoms with Crippen LogP contribution < -0.4 is 4.58 Å². The fourth-order valence-electron chi connectivity index (χ4n) is 5.41. The van der Waals surface area contributed by atoms with Crippen LogP contribution in [-0.4, -0.2) is 22.6 Å². The maximum Gasteiger partial charge on any atom is 0.494 e. The van der Waals surface area contributed by atoms with E-state index in [0.29, 0.717) is 0 Å². The van der Waals surface area contributed by atoms with Gasteiger partial charge in [0, 0.05) is 32.4 Å². The van der Waals surface area contributed by atoms with Gasteiger partial charge in [-0.05, 0) is 34.6 Å². The molecule has 0 bridgehead atoms.